The summed E-state index contributed by atoms with van der Waals surface area (Å²) in [5, 5.41) is 15.3. The van der Waals surface area contributed by atoms with E-state index in [1.807, 2.05) is 12.1 Å². The van der Waals surface area contributed by atoms with Crippen LogP contribution >= 0.6 is 0 Å². The standard InChI is InChI=1S/C18H26N6O/c1-13(2)17(18-23-22-15-7-9-19-10-11-24(15)18)21-16(25)6-5-14-4-3-8-20-12-14/h3-4,8,12-13,17,19H,5-7,9-11H2,1-2H3,(H,21,25)/t17-/m1/s1. The lowest BCUT2D eigenvalue weighted by Gasteiger charge is -2.22. The smallest absolute Gasteiger partial charge is 0.220 e. The lowest BCUT2D eigenvalue weighted by molar-refractivity contribution is -0.122. The largest absolute Gasteiger partial charge is 0.346 e. The second-order valence-electron chi connectivity index (χ2n) is 6.78. The molecule has 7 heteroatoms. The molecule has 0 aliphatic carbocycles. The van der Waals surface area contributed by atoms with Gasteiger partial charge in [0.25, 0.3) is 0 Å². The van der Waals surface area contributed by atoms with Gasteiger partial charge in [0.1, 0.15) is 5.82 Å². The number of aryl methyl sites for hydroxylation is 1. The van der Waals surface area contributed by atoms with Crippen LogP contribution in [0.2, 0.25) is 0 Å². The van der Waals surface area contributed by atoms with E-state index in [-0.39, 0.29) is 17.9 Å². The number of rotatable bonds is 6. The third-order valence-corrected chi connectivity index (χ3v) is 4.52. The van der Waals surface area contributed by atoms with E-state index in [1.54, 1.807) is 12.4 Å². The van der Waals surface area contributed by atoms with Crippen molar-refractivity contribution in [3.8, 4) is 0 Å². The van der Waals surface area contributed by atoms with Gasteiger partial charge < -0.3 is 15.2 Å². The van der Waals surface area contributed by atoms with Crippen molar-refractivity contribution in [1.82, 2.24) is 30.4 Å². The first-order chi connectivity index (χ1) is 12.1. The number of amides is 1. The molecule has 1 aliphatic heterocycles. The molecule has 0 unspecified atom stereocenters. The molecular weight excluding hydrogens is 316 g/mol. The summed E-state index contributed by atoms with van der Waals surface area (Å²) in [7, 11) is 0. The Bertz CT molecular complexity index is 697. The Kier molecular flexibility index (Phi) is 5.75. The molecule has 134 valence electrons. The zero-order chi connectivity index (χ0) is 17.6. The van der Waals surface area contributed by atoms with Crippen LogP contribution < -0.4 is 10.6 Å². The van der Waals surface area contributed by atoms with Crippen LogP contribution in [-0.2, 0) is 24.2 Å². The van der Waals surface area contributed by atoms with Gasteiger partial charge in [0, 0.05) is 44.9 Å². The summed E-state index contributed by atoms with van der Waals surface area (Å²) in [6.45, 7) is 6.86. The molecule has 3 heterocycles. The van der Waals surface area contributed by atoms with E-state index >= 15 is 0 Å². The average molecular weight is 342 g/mol. The van der Waals surface area contributed by atoms with Gasteiger partial charge in [-0.3, -0.25) is 9.78 Å². The van der Waals surface area contributed by atoms with E-state index in [0.717, 1.165) is 43.3 Å². The van der Waals surface area contributed by atoms with Crippen LogP contribution in [0.4, 0.5) is 0 Å². The first kappa shape index (κ1) is 17.5. The molecule has 0 radical (unpaired) electrons. The maximum atomic E-state index is 12.5. The lowest BCUT2D eigenvalue weighted by Crippen LogP contribution is -2.34. The maximum Gasteiger partial charge on any atom is 0.220 e. The second-order valence-corrected chi connectivity index (χ2v) is 6.78. The highest BCUT2D eigenvalue weighted by atomic mass is 16.1. The van der Waals surface area contributed by atoms with Crippen molar-refractivity contribution in [3.63, 3.8) is 0 Å². The van der Waals surface area contributed by atoms with Crippen LogP contribution in [0.5, 0.6) is 0 Å². The Morgan fingerprint density at radius 3 is 3.00 bits per heavy atom. The average Bonchev–Trinajstić information content (AvgIpc) is 2.86. The first-order valence-corrected chi connectivity index (χ1v) is 8.96. The van der Waals surface area contributed by atoms with Crippen molar-refractivity contribution in [2.75, 3.05) is 13.1 Å². The maximum absolute atomic E-state index is 12.5. The predicted octanol–water partition coefficient (Wildman–Crippen LogP) is 1.26. The number of fused-ring (bicyclic) bond motifs is 1. The molecule has 0 saturated heterocycles. The zero-order valence-corrected chi connectivity index (χ0v) is 14.9. The molecule has 0 aromatic carbocycles. The van der Waals surface area contributed by atoms with Crippen LogP contribution in [0, 0.1) is 5.92 Å². The summed E-state index contributed by atoms with van der Waals surface area (Å²) in [5.74, 6) is 2.14. The molecule has 1 amide bonds. The molecule has 7 nitrogen and oxygen atoms in total. The molecule has 0 spiro atoms. The SMILES string of the molecule is CC(C)[C@@H](NC(=O)CCc1cccnc1)c1nnc2n1CCNCC2. The first-order valence-electron chi connectivity index (χ1n) is 8.96. The minimum absolute atomic E-state index is 0.0339. The number of hydrogen-bond donors (Lipinski definition) is 2. The van der Waals surface area contributed by atoms with Crippen molar-refractivity contribution in [1.29, 1.82) is 0 Å². The summed E-state index contributed by atoms with van der Waals surface area (Å²) in [5.41, 5.74) is 1.07. The van der Waals surface area contributed by atoms with Gasteiger partial charge in [-0.25, -0.2) is 0 Å². The number of pyridine rings is 1. The number of aromatic nitrogens is 4. The van der Waals surface area contributed by atoms with Crippen LogP contribution in [0.1, 0.15) is 43.5 Å². The van der Waals surface area contributed by atoms with Gasteiger partial charge in [0.15, 0.2) is 5.82 Å². The summed E-state index contributed by atoms with van der Waals surface area (Å²) in [6.07, 6.45) is 5.54. The van der Waals surface area contributed by atoms with Gasteiger partial charge >= 0.3 is 0 Å². The Hall–Kier alpha value is -2.28. The Morgan fingerprint density at radius 2 is 2.24 bits per heavy atom. The number of carbonyl (C=O) groups excluding carboxylic acids is 1. The van der Waals surface area contributed by atoms with E-state index in [2.05, 4.69) is 44.2 Å². The van der Waals surface area contributed by atoms with E-state index in [4.69, 9.17) is 0 Å². The fourth-order valence-corrected chi connectivity index (χ4v) is 3.10. The number of carbonyl (C=O) groups is 1. The van der Waals surface area contributed by atoms with Gasteiger partial charge in [0.05, 0.1) is 6.04 Å². The molecule has 3 rings (SSSR count). The van der Waals surface area contributed by atoms with E-state index in [9.17, 15) is 4.79 Å². The Labute approximate surface area is 148 Å². The fraction of sp³-hybridized carbons (Fsp3) is 0.556. The zero-order valence-electron chi connectivity index (χ0n) is 14.9. The van der Waals surface area contributed by atoms with Crippen LogP contribution in [0.15, 0.2) is 24.5 Å². The van der Waals surface area contributed by atoms with Crippen LogP contribution in [0.25, 0.3) is 0 Å². The number of nitrogens with one attached hydrogen (secondary N) is 2. The molecule has 0 fully saturated rings. The Morgan fingerprint density at radius 1 is 1.36 bits per heavy atom. The predicted molar refractivity (Wildman–Crippen MR) is 94.9 cm³/mol. The molecule has 0 bridgehead atoms. The fourth-order valence-electron chi connectivity index (χ4n) is 3.10. The van der Waals surface area contributed by atoms with Gasteiger partial charge in [0.2, 0.25) is 5.91 Å². The van der Waals surface area contributed by atoms with Crippen molar-refractivity contribution in [3.05, 3.63) is 41.7 Å². The van der Waals surface area contributed by atoms with Crippen molar-refractivity contribution >= 4 is 5.91 Å². The summed E-state index contributed by atoms with van der Waals surface area (Å²) >= 11 is 0. The highest BCUT2D eigenvalue weighted by molar-refractivity contribution is 5.76. The quantitative estimate of drug-likeness (QED) is 0.826. The molecule has 2 N–H and O–H groups in total. The molecule has 2 aromatic heterocycles. The topological polar surface area (TPSA) is 84.7 Å². The number of hydrogen-bond acceptors (Lipinski definition) is 5. The van der Waals surface area contributed by atoms with E-state index in [0.29, 0.717) is 12.8 Å². The normalized spacial score (nSPS) is 15.5. The van der Waals surface area contributed by atoms with Crippen molar-refractivity contribution in [2.24, 2.45) is 5.92 Å². The lowest BCUT2D eigenvalue weighted by atomic mass is 10.0. The van der Waals surface area contributed by atoms with E-state index in [1.165, 1.54) is 0 Å². The summed E-state index contributed by atoms with van der Waals surface area (Å²) < 4.78 is 2.16. The van der Waals surface area contributed by atoms with Crippen molar-refractivity contribution < 1.29 is 4.79 Å². The monoisotopic (exact) mass is 342 g/mol. The highest BCUT2D eigenvalue weighted by Gasteiger charge is 2.26. The molecule has 1 aliphatic rings. The molecule has 0 saturated carbocycles. The molecular formula is C18H26N6O. The summed E-state index contributed by atoms with van der Waals surface area (Å²) in [4.78, 5) is 16.6. The summed E-state index contributed by atoms with van der Waals surface area (Å²) in [6, 6.07) is 3.76. The third-order valence-electron chi connectivity index (χ3n) is 4.52. The van der Waals surface area contributed by atoms with Gasteiger partial charge in [-0.2, -0.15) is 0 Å². The minimum Gasteiger partial charge on any atom is -0.346 e. The second kappa shape index (κ2) is 8.20. The number of nitrogens with zero attached hydrogens (tertiary/aromatic N) is 4. The van der Waals surface area contributed by atoms with Gasteiger partial charge in [-0.15, -0.1) is 10.2 Å². The third kappa shape index (κ3) is 4.42. The van der Waals surface area contributed by atoms with Crippen LogP contribution in [-0.4, -0.2) is 38.7 Å². The Balaban J connectivity index is 1.67. The minimum atomic E-state index is -0.124. The van der Waals surface area contributed by atoms with E-state index < -0.39 is 0 Å². The molecule has 2 aromatic rings. The molecule has 25 heavy (non-hydrogen) atoms. The van der Waals surface area contributed by atoms with Crippen LogP contribution in [0.3, 0.4) is 0 Å². The van der Waals surface area contributed by atoms with Gasteiger partial charge in [-0.1, -0.05) is 19.9 Å². The highest BCUT2D eigenvalue weighted by Crippen LogP contribution is 2.22. The van der Waals surface area contributed by atoms with Gasteiger partial charge in [-0.05, 0) is 24.0 Å². The molecule has 1 atom stereocenters. The van der Waals surface area contributed by atoms with Crippen molar-refractivity contribution in [2.45, 2.75) is 45.7 Å².